The maximum Gasteiger partial charge on any atom is 0.303 e. The average Bonchev–Trinajstić information content (AvgIpc) is 2.98. The molecule has 4 heteroatoms. The molecular weight excluding hydrogens is 352 g/mol. The predicted octanol–water partition coefficient (Wildman–Crippen LogP) is 4.48. The number of aliphatic hydroxyl groups excluding tert-OH is 2. The van der Waals surface area contributed by atoms with Gasteiger partial charge in [0.15, 0.2) is 0 Å². The molecule has 3 N–H and O–H groups in total. The molecular formula is C24H40O4. The van der Waals surface area contributed by atoms with Gasteiger partial charge in [-0.3, -0.25) is 4.79 Å². The minimum Gasteiger partial charge on any atom is -0.481 e. The normalized spacial score (nSPS) is 51.7. The van der Waals surface area contributed by atoms with Crippen LogP contribution in [0, 0.1) is 46.3 Å². The number of rotatable bonds is 4. The van der Waals surface area contributed by atoms with Gasteiger partial charge in [-0.15, -0.1) is 0 Å². The minimum absolute atomic E-state index is 0.179. The monoisotopic (exact) mass is 392 g/mol. The second-order valence-corrected chi connectivity index (χ2v) is 11.4. The average molecular weight is 393 g/mol. The third kappa shape index (κ3) is 3.14. The first kappa shape index (κ1) is 20.7. The first-order valence-electron chi connectivity index (χ1n) is 11.7. The minimum atomic E-state index is -0.684. The van der Waals surface area contributed by atoms with Crippen molar-refractivity contribution in [2.24, 2.45) is 46.3 Å². The Bertz CT molecular complexity index is 605. The van der Waals surface area contributed by atoms with E-state index in [9.17, 15) is 15.0 Å². The van der Waals surface area contributed by atoms with E-state index in [1.54, 1.807) is 0 Å². The second kappa shape index (κ2) is 7.27. The van der Waals surface area contributed by atoms with Crippen LogP contribution in [0.3, 0.4) is 0 Å². The molecule has 28 heavy (non-hydrogen) atoms. The SMILES string of the molecule is C[C@H](CCC(=O)O)[C@H]1CC[C@H]2[C@@H]3[C@@H](O)C[C@H]4C[C@@H](O)CC[C@]4(C)[C@H]3CC[C@]12C. The molecule has 0 unspecified atom stereocenters. The van der Waals surface area contributed by atoms with E-state index in [2.05, 4.69) is 20.8 Å². The highest BCUT2D eigenvalue weighted by atomic mass is 16.4. The molecule has 0 spiro atoms. The van der Waals surface area contributed by atoms with Gasteiger partial charge in [0.25, 0.3) is 0 Å². The number of carboxylic acids is 1. The number of aliphatic carboxylic acids is 1. The predicted molar refractivity (Wildman–Crippen MR) is 109 cm³/mol. The van der Waals surface area contributed by atoms with Gasteiger partial charge in [0.1, 0.15) is 0 Å². The molecule has 4 nitrogen and oxygen atoms in total. The topological polar surface area (TPSA) is 77.8 Å². The molecule has 0 saturated heterocycles. The van der Waals surface area contributed by atoms with E-state index in [1.165, 1.54) is 25.7 Å². The van der Waals surface area contributed by atoms with E-state index in [1.807, 2.05) is 0 Å². The molecule has 4 saturated carbocycles. The highest BCUT2D eigenvalue weighted by Crippen LogP contribution is 2.68. The number of carbonyl (C=O) groups is 1. The molecule has 0 amide bonds. The molecule has 0 aromatic rings. The zero-order valence-electron chi connectivity index (χ0n) is 17.9. The van der Waals surface area contributed by atoms with Gasteiger partial charge in [-0.1, -0.05) is 20.8 Å². The molecule has 0 radical (unpaired) electrons. The van der Waals surface area contributed by atoms with Gasteiger partial charge in [0, 0.05) is 6.42 Å². The van der Waals surface area contributed by atoms with Gasteiger partial charge in [0.2, 0.25) is 0 Å². The Kier molecular flexibility index (Phi) is 5.36. The van der Waals surface area contributed by atoms with E-state index in [0.717, 1.165) is 32.1 Å². The van der Waals surface area contributed by atoms with Crippen molar-refractivity contribution in [3.8, 4) is 0 Å². The highest BCUT2D eigenvalue weighted by Gasteiger charge is 2.62. The summed E-state index contributed by atoms with van der Waals surface area (Å²) in [4.78, 5) is 11.1. The molecule has 0 heterocycles. The summed E-state index contributed by atoms with van der Waals surface area (Å²) in [5.74, 6) is 2.36. The molecule has 0 aliphatic heterocycles. The molecule has 0 aromatic heterocycles. The number of fused-ring (bicyclic) bond motifs is 5. The molecule has 4 aliphatic carbocycles. The fourth-order valence-electron chi connectivity index (χ4n) is 8.73. The van der Waals surface area contributed by atoms with Crippen molar-refractivity contribution in [1.29, 1.82) is 0 Å². The Hall–Kier alpha value is -0.610. The Balaban J connectivity index is 1.55. The van der Waals surface area contributed by atoms with E-state index in [0.29, 0.717) is 35.5 Å². The lowest BCUT2D eigenvalue weighted by atomic mass is 9.43. The summed E-state index contributed by atoms with van der Waals surface area (Å²) in [6, 6.07) is 0. The molecule has 160 valence electrons. The molecule has 4 rings (SSSR count). The highest BCUT2D eigenvalue weighted by molar-refractivity contribution is 5.66. The molecule has 0 bridgehead atoms. The van der Waals surface area contributed by atoms with Gasteiger partial charge in [0.05, 0.1) is 12.2 Å². The molecule has 4 aliphatic rings. The summed E-state index contributed by atoms with van der Waals surface area (Å²) in [7, 11) is 0. The van der Waals surface area contributed by atoms with Crippen molar-refractivity contribution in [2.75, 3.05) is 0 Å². The smallest absolute Gasteiger partial charge is 0.303 e. The Labute approximate surface area is 170 Å². The van der Waals surface area contributed by atoms with Crippen LogP contribution in [-0.2, 0) is 4.79 Å². The molecule has 0 aromatic carbocycles. The van der Waals surface area contributed by atoms with Crippen LogP contribution in [0.15, 0.2) is 0 Å². The van der Waals surface area contributed by atoms with Crippen molar-refractivity contribution in [1.82, 2.24) is 0 Å². The summed E-state index contributed by atoms with van der Waals surface area (Å²) in [6.45, 7) is 7.16. The van der Waals surface area contributed by atoms with E-state index in [-0.39, 0.29) is 29.5 Å². The lowest BCUT2D eigenvalue weighted by molar-refractivity contribution is -0.174. The summed E-state index contributed by atoms with van der Waals surface area (Å²) < 4.78 is 0. The zero-order chi connectivity index (χ0) is 20.3. The van der Waals surface area contributed by atoms with E-state index < -0.39 is 5.97 Å². The first-order valence-corrected chi connectivity index (χ1v) is 11.7. The van der Waals surface area contributed by atoms with E-state index in [4.69, 9.17) is 5.11 Å². The van der Waals surface area contributed by atoms with Crippen LogP contribution in [0.4, 0.5) is 0 Å². The van der Waals surface area contributed by atoms with Crippen LogP contribution in [0.5, 0.6) is 0 Å². The van der Waals surface area contributed by atoms with Crippen molar-refractivity contribution >= 4 is 5.97 Å². The number of hydrogen-bond donors (Lipinski definition) is 3. The van der Waals surface area contributed by atoms with Crippen LogP contribution in [0.25, 0.3) is 0 Å². The fraction of sp³-hybridized carbons (Fsp3) is 0.958. The van der Waals surface area contributed by atoms with Crippen LogP contribution in [0.1, 0.15) is 85.0 Å². The number of aliphatic hydroxyl groups is 2. The maximum absolute atomic E-state index is 11.2. The van der Waals surface area contributed by atoms with Crippen molar-refractivity contribution < 1.29 is 20.1 Å². The van der Waals surface area contributed by atoms with Gasteiger partial charge in [-0.25, -0.2) is 0 Å². The summed E-state index contributed by atoms with van der Waals surface area (Å²) in [6.07, 6.45) is 9.19. The third-order valence-electron chi connectivity index (χ3n) is 10.2. The lowest BCUT2D eigenvalue weighted by Gasteiger charge is -2.62. The summed E-state index contributed by atoms with van der Waals surface area (Å²) >= 11 is 0. The largest absolute Gasteiger partial charge is 0.481 e. The summed E-state index contributed by atoms with van der Waals surface area (Å²) in [5.41, 5.74) is 0.523. The quantitative estimate of drug-likeness (QED) is 0.659. The van der Waals surface area contributed by atoms with Crippen LogP contribution >= 0.6 is 0 Å². The number of carboxylic acid groups (broad SMARTS) is 1. The van der Waals surface area contributed by atoms with Gasteiger partial charge < -0.3 is 15.3 Å². The van der Waals surface area contributed by atoms with Crippen LogP contribution in [-0.4, -0.2) is 33.5 Å². The lowest BCUT2D eigenvalue weighted by Crippen LogP contribution is -2.58. The van der Waals surface area contributed by atoms with Gasteiger partial charge in [-0.2, -0.15) is 0 Å². The summed E-state index contributed by atoms with van der Waals surface area (Å²) in [5, 5.41) is 30.5. The fourth-order valence-corrected chi connectivity index (χ4v) is 8.73. The zero-order valence-corrected chi connectivity index (χ0v) is 17.9. The van der Waals surface area contributed by atoms with Crippen LogP contribution < -0.4 is 0 Å². The molecule has 10 atom stereocenters. The van der Waals surface area contributed by atoms with Gasteiger partial charge in [-0.05, 0) is 104 Å². The Morgan fingerprint density at radius 2 is 1.68 bits per heavy atom. The Morgan fingerprint density at radius 3 is 2.39 bits per heavy atom. The maximum atomic E-state index is 11.2. The molecule has 4 fully saturated rings. The van der Waals surface area contributed by atoms with Crippen molar-refractivity contribution in [3.63, 3.8) is 0 Å². The van der Waals surface area contributed by atoms with Crippen molar-refractivity contribution in [2.45, 2.75) is 97.2 Å². The van der Waals surface area contributed by atoms with Gasteiger partial charge >= 0.3 is 5.97 Å². The van der Waals surface area contributed by atoms with Crippen LogP contribution in [0.2, 0.25) is 0 Å². The first-order chi connectivity index (χ1) is 13.2. The van der Waals surface area contributed by atoms with Crippen molar-refractivity contribution in [3.05, 3.63) is 0 Å². The standard InChI is InChI=1S/C24H40O4/c1-14(4-7-21(27)28)17-5-6-18-22-19(9-11-24(17,18)3)23(2)10-8-16(25)12-15(23)13-20(22)26/h14-20,22,25-26H,4-13H2,1-3H3,(H,27,28)/t14-,15-,16+,17-,18+,19+,20+,22+,23+,24-/m1/s1. The Morgan fingerprint density at radius 1 is 1.00 bits per heavy atom. The second-order valence-electron chi connectivity index (χ2n) is 11.4. The van der Waals surface area contributed by atoms with E-state index >= 15 is 0 Å². The number of hydrogen-bond acceptors (Lipinski definition) is 3. The third-order valence-corrected chi connectivity index (χ3v) is 10.2.